The Morgan fingerprint density at radius 1 is 1.07 bits per heavy atom. The minimum Gasteiger partial charge on any atom is -0.355 e. The second-order valence-electron chi connectivity index (χ2n) is 7.84. The Balaban J connectivity index is 1.37. The van der Waals surface area contributed by atoms with E-state index in [0.29, 0.717) is 35.2 Å². The quantitative estimate of drug-likeness (QED) is 0.709. The maximum Gasteiger partial charge on any atom is 0.151 e. The van der Waals surface area contributed by atoms with Gasteiger partial charge in [-0.15, -0.1) is 10.2 Å². The van der Waals surface area contributed by atoms with Gasteiger partial charge in [0.2, 0.25) is 0 Å². The molecule has 3 atom stereocenters. The number of rotatable bonds is 4. The number of hydrogen-bond donors (Lipinski definition) is 2. The number of nitriles is 1. The molecule has 0 unspecified atom stereocenters. The van der Waals surface area contributed by atoms with Crippen molar-refractivity contribution in [2.75, 3.05) is 11.9 Å². The number of anilines is 1. The van der Waals surface area contributed by atoms with Gasteiger partial charge in [0.25, 0.3) is 0 Å². The molecule has 5 rings (SSSR count). The Hall–Kier alpha value is -3.31. The van der Waals surface area contributed by atoms with Crippen molar-refractivity contribution in [2.24, 2.45) is 0 Å². The first-order chi connectivity index (χ1) is 14.2. The smallest absolute Gasteiger partial charge is 0.151 e. The van der Waals surface area contributed by atoms with Gasteiger partial charge in [0.15, 0.2) is 5.82 Å². The predicted molar refractivity (Wildman–Crippen MR) is 109 cm³/mol. The molecule has 3 aromatic heterocycles. The molecule has 0 radical (unpaired) electrons. The molecule has 5 heterocycles. The van der Waals surface area contributed by atoms with Crippen LogP contribution in [0.3, 0.4) is 0 Å². The van der Waals surface area contributed by atoms with Crippen LogP contribution in [0.5, 0.6) is 0 Å². The molecule has 29 heavy (non-hydrogen) atoms. The van der Waals surface area contributed by atoms with Crippen molar-refractivity contribution in [3.8, 4) is 28.6 Å². The standard InChI is InChI=1S/C21H22N8/c1-29(16-8-14-2-3-15(9-16)25-14)21-7-6-19(27-28-21)18-5-4-17(20(10-22)26-18)13-11-23-24-12-13/h4-7,11-12,14-16,25H,2-3,8-9H2,1H3,(H,23,24)/t14-,15+,16-. The summed E-state index contributed by atoms with van der Waals surface area (Å²) in [5.41, 5.74) is 3.21. The molecule has 2 saturated heterocycles. The van der Waals surface area contributed by atoms with Crippen molar-refractivity contribution < 1.29 is 0 Å². The van der Waals surface area contributed by atoms with E-state index in [1.165, 1.54) is 12.8 Å². The van der Waals surface area contributed by atoms with E-state index in [9.17, 15) is 5.26 Å². The SMILES string of the molecule is CN(c1ccc(-c2ccc(-c3cn[nH]c3)c(C#N)n2)nn1)[C@@H]1C[C@H]2CC[C@@H](C1)N2. The van der Waals surface area contributed by atoms with Gasteiger partial charge in [-0.3, -0.25) is 5.10 Å². The average Bonchev–Trinajstić information content (AvgIpc) is 3.42. The molecule has 2 fully saturated rings. The van der Waals surface area contributed by atoms with Gasteiger partial charge in [0, 0.05) is 42.5 Å². The highest BCUT2D eigenvalue weighted by Crippen LogP contribution is 2.31. The van der Waals surface area contributed by atoms with Crippen LogP contribution >= 0.6 is 0 Å². The number of aromatic nitrogens is 5. The lowest BCUT2D eigenvalue weighted by Gasteiger charge is -2.36. The van der Waals surface area contributed by atoms with Gasteiger partial charge in [-0.25, -0.2) is 4.98 Å². The summed E-state index contributed by atoms with van der Waals surface area (Å²) >= 11 is 0. The summed E-state index contributed by atoms with van der Waals surface area (Å²) in [7, 11) is 2.10. The van der Waals surface area contributed by atoms with Crippen LogP contribution in [0.25, 0.3) is 22.5 Å². The summed E-state index contributed by atoms with van der Waals surface area (Å²) in [5.74, 6) is 0.871. The lowest BCUT2D eigenvalue weighted by molar-refractivity contribution is 0.353. The van der Waals surface area contributed by atoms with Crippen molar-refractivity contribution >= 4 is 5.82 Å². The topological polar surface area (TPSA) is 106 Å². The normalized spacial score (nSPS) is 23.0. The highest BCUT2D eigenvalue weighted by Gasteiger charge is 2.35. The van der Waals surface area contributed by atoms with E-state index in [1.807, 2.05) is 24.3 Å². The van der Waals surface area contributed by atoms with E-state index < -0.39 is 0 Å². The molecular weight excluding hydrogens is 364 g/mol. The Bertz CT molecular complexity index is 1030. The van der Waals surface area contributed by atoms with Crippen molar-refractivity contribution in [1.82, 2.24) is 30.7 Å². The molecule has 2 aliphatic heterocycles. The molecule has 8 nitrogen and oxygen atoms in total. The number of hydrogen-bond acceptors (Lipinski definition) is 7. The van der Waals surface area contributed by atoms with Crippen LogP contribution in [0.15, 0.2) is 36.7 Å². The van der Waals surface area contributed by atoms with Crippen LogP contribution in [0.4, 0.5) is 5.82 Å². The molecule has 3 aromatic rings. The maximum absolute atomic E-state index is 9.51. The number of nitrogens with one attached hydrogen (secondary N) is 2. The summed E-state index contributed by atoms with van der Waals surface area (Å²) in [5, 5.41) is 28.7. The largest absolute Gasteiger partial charge is 0.355 e. The van der Waals surface area contributed by atoms with Crippen LogP contribution in [-0.4, -0.2) is 50.6 Å². The first-order valence-corrected chi connectivity index (χ1v) is 9.94. The van der Waals surface area contributed by atoms with Crippen LogP contribution < -0.4 is 10.2 Å². The molecule has 2 aliphatic rings. The van der Waals surface area contributed by atoms with Crippen molar-refractivity contribution in [1.29, 1.82) is 5.26 Å². The molecule has 0 amide bonds. The zero-order valence-corrected chi connectivity index (χ0v) is 16.2. The number of fused-ring (bicyclic) bond motifs is 2. The Morgan fingerprint density at radius 2 is 1.86 bits per heavy atom. The van der Waals surface area contributed by atoms with Gasteiger partial charge < -0.3 is 10.2 Å². The highest BCUT2D eigenvalue weighted by atomic mass is 15.3. The third-order valence-electron chi connectivity index (χ3n) is 6.08. The molecule has 8 heteroatoms. The van der Waals surface area contributed by atoms with E-state index >= 15 is 0 Å². The fourth-order valence-electron chi connectivity index (χ4n) is 4.50. The third-order valence-corrected chi connectivity index (χ3v) is 6.08. The number of aromatic amines is 1. The van der Waals surface area contributed by atoms with Crippen LogP contribution in [-0.2, 0) is 0 Å². The number of nitrogens with zero attached hydrogens (tertiary/aromatic N) is 6. The van der Waals surface area contributed by atoms with Gasteiger partial charge in [-0.05, 0) is 49.9 Å². The lowest BCUT2D eigenvalue weighted by Crippen LogP contribution is -2.47. The molecule has 0 aliphatic carbocycles. The third kappa shape index (κ3) is 3.34. The van der Waals surface area contributed by atoms with E-state index in [2.05, 4.69) is 48.7 Å². The summed E-state index contributed by atoms with van der Waals surface area (Å²) in [6.07, 6.45) is 8.28. The van der Waals surface area contributed by atoms with Gasteiger partial charge in [-0.2, -0.15) is 10.4 Å². The van der Waals surface area contributed by atoms with Crippen molar-refractivity contribution in [3.05, 3.63) is 42.4 Å². The molecule has 0 spiro atoms. The molecule has 146 valence electrons. The van der Waals surface area contributed by atoms with Crippen LogP contribution in [0, 0.1) is 11.3 Å². The number of H-pyrrole nitrogens is 1. The Kier molecular flexibility index (Phi) is 4.45. The average molecular weight is 386 g/mol. The maximum atomic E-state index is 9.51. The molecule has 0 saturated carbocycles. The second kappa shape index (κ2) is 7.26. The fraction of sp³-hybridized carbons (Fsp3) is 0.381. The zero-order chi connectivity index (χ0) is 19.8. The zero-order valence-electron chi connectivity index (χ0n) is 16.2. The first kappa shape index (κ1) is 17.8. The van der Waals surface area contributed by atoms with Gasteiger partial charge in [-0.1, -0.05) is 0 Å². The summed E-state index contributed by atoms with van der Waals surface area (Å²) in [6, 6.07) is 11.6. The molecular formula is C21H22N8. The summed E-state index contributed by atoms with van der Waals surface area (Å²) < 4.78 is 0. The number of pyridine rings is 1. The first-order valence-electron chi connectivity index (χ1n) is 9.94. The Morgan fingerprint density at radius 3 is 2.52 bits per heavy atom. The van der Waals surface area contributed by atoms with E-state index in [0.717, 1.165) is 29.8 Å². The van der Waals surface area contributed by atoms with Crippen LogP contribution in [0.2, 0.25) is 0 Å². The van der Waals surface area contributed by atoms with E-state index in [4.69, 9.17) is 0 Å². The predicted octanol–water partition coefficient (Wildman–Crippen LogP) is 2.52. The molecule has 2 N–H and O–H groups in total. The molecule has 0 aromatic carbocycles. The summed E-state index contributed by atoms with van der Waals surface area (Å²) in [4.78, 5) is 6.73. The van der Waals surface area contributed by atoms with Gasteiger partial charge in [0.05, 0.1) is 11.9 Å². The monoisotopic (exact) mass is 386 g/mol. The number of piperidine rings is 1. The van der Waals surface area contributed by atoms with Crippen molar-refractivity contribution in [3.63, 3.8) is 0 Å². The van der Waals surface area contributed by atoms with Crippen molar-refractivity contribution in [2.45, 2.75) is 43.8 Å². The minimum atomic E-state index is 0.345. The fourth-order valence-corrected chi connectivity index (χ4v) is 4.50. The lowest BCUT2D eigenvalue weighted by atomic mass is 9.98. The Labute approximate surface area is 169 Å². The van der Waals surface area contributed by atoms with Crippen LogP contribution in [0.1, 0.15) is 31.4 Å². The van der Waals surface area contributed by atoms with E-state index in [1.54, 1.807) is 12.4 Å². The second-order valence-corrected chi connectivity index (χ2v) is 7.84. The van der Waals surface area contributed by atoms with Gasteiger partial charge >= 0.3 is 0 Å². The minimum absolute atomic E-state index is 0.345. The summed E-state index contributed by atoms with van der Waals surface area (Å²) in [6.45, 7) is 0. The van der Waals surface area contributed by atoms with E-state index in [-0.39, 0.29) is 0 Å². The van der Waals surface area contributed by atoms with Gasteiger partial charge in [0.1, 0.15) is 17.5 Å². The molecule has 2 bridgehead atoms. The highest BCUT2D eigenvalue weighted by molar-refractivity contribution is 5.70.